The standard InChI is InChI=1S/C7H9BN2O3/c11-8(12)6-3-9-4-10-7(6)13-5-1-2-5/h3-5,11-12H,1-2H2. The molecule has 0 aliphatic heterocycles. The first-order chi connectivity index (χ1) is 6.27. The van der Waals surface area contributed by atoms with Crippen LogP contribution in [-0.4, -0.2) is 33.2 Å². The molecule has 0 amide bonds. The molecular formula is C7H9BN2O3. The lowest BCUT2D eigenvalue weighted by Crippen LogP contribution is -2.32. The number of rotatable bonds is 3. The summed E-state index contributed by atoms with van der Waals surface area (Å²) in [6.45, 7) is 0. The maximum Gasteiger partial charge on any atom is 0.495 e. The van der Waals surface area contributed by atoms with Gasteiger partial charge in [0.25, 0.3) is 0 Å². The highest BCUT2D eigenvalue weighted by molar-refractivity contribution is 6.59. The smallest absolute Gasteiger partial charge is 0.475 e. The molecule has 1 aromatic heterocycles. The van der Waals surface area contributed by atoms with E-state index in [0.29, 0.717) is 0 Å². The van der Waals surface area contributed by atoms with Gasteiger partial charge in [-0.1, -0.05) is 0 Å². The third-order valence-electron chi connectivity index (χ3n) is 1.78. The fourth-order valence-corrected chi connectivity index (χ4v) is 0.948. The van der Waals surface area contributed by atoms with Gasteiger partial charge >= 0.3 is 7.12 Å². The zero-order chi connectivity index (χ0) is 9.26. The summed E-state index contributed by atoms with van der Waals surface area (Å²) < 4.78 is 5.35. The molecule has 1 fully saturated rings. The van der Waals surface area contributed by atoms with E-state index in [1.807, 2.05) is 0 Å². The van der Waals surface area contributed by atoms with Crippen LogP contribution in [0.2, 0.25) is 0 Å². The second-order valence-corrected chi connectivity index (χ2v) is 2.97. The summed E-state index contributed by atoms with van der Waals surface area (Å²) in [6.07, 6.45) is 4.86. The van der Waals surface area contributed by atoms with Crippen molar-refractivity contribution in [2.45, 2.75) is 18.9 Å². The quantitative estimate of drug-likeness (QED) is 0.565. The third-order valence-corrected chi connectivity index (χ3v) is 1.78. The first-order valence-electron chi connectivity index (χ1n) is 4.10. The van der Waals surface area contributed by atoms with Gasteiger partial charge in [0.1, 0.15) is 12.4 Å². The van der Waals surface area contributed by atoms with Crippen LogP contribution in [0.5, 0.6) is 5.88 Å². The molecule has 0 unspecified atom stereocenters. The number of aromatic nitrogens is 2. The Morgan fingerprint density at radius 3 is 2.85 bits per heavy atom. The van der Waals surface area contributed by atoms with E-state index < -0.39 is 7.12 Å². The minimum absolute atomic E-state index is 0.187. The maximum absolute atomic E-state index is 8.93. The van der Waals surface area contributed by atoms with E-state index >= 15 is 0 Å². The van der Waals surface area contributed by atoms with Crippen LogP contribution in [0, 0.1) is 0 Å². The highest BCUT2D eigenvalue weighted by Crippen LogP contribution is 2.24. The molecule has 0 saturated heterocycles. The summed E-state index contributed by atoms with van der Waals surface area (Å²) >= 11 is 0. The third kappa shape index (κ3) is 1.96. The molecule has 2 rings (SSSR count). The van der Waals surface area contributed by atoms with E-state index in [9.17, 15) is 0 Å². The topological polar surface area (TPSA) is 75.5 Å². The van der Waals surface area contributed by atoms with Crippen molar-refractivity contribution in [3.05, 3.63) is 12.5 Å². The van der Waals surface area contributed by atoms with E-state index in [2.05, 4.69) is 9.97 Å². The molecule has 2 N–H and O–H groups in total. The van der Waals surface area contributed by atoms with Crippen molar-refractivity contribution in [3.8, 4) is 5.88 Å². The molecule has 6 heteroatoms. The van der Waals surface area contributed by atoms with Crippen LogP contribution in [0.15, 0.2) is 12.5 Å². The van der Waals surface area contributed by atoms with Crippen molar-refractivity contribution in [2.24, 2.45) is 0 Å². The maximum atomic E-state index is 8.93. The van der Waals surface area contributed by atoms with Gasteiger partial charge in [0.05, 0.1) is 5.46 Å². The van der Waals surface area contributed by atoms with Crippen molar-refractivity contribution in [2.75, 3.05) is 0 Å². The number of hydrogen-bond donors (Lipinski definition) is 2. The Morgan fingerprint density at radius 2 is 2.23 bits per heavy atom. The monoisotopic (exact) mass is 180 g/mol. The van der Waals surface area contributed by atoms with Gasteiger partial charge in [0.2, 0.25) is 5.88 Å². The summed E-state index contributed by atoms with van der Waals surface area (Å²) in [5.74, 6) is 0.271. The second-order valence-electron chi connectivity index (χ2n) is 2.97. The fourth-order valence-electron chi connectivity index (χ4n) is 0.948. The molecule has 68 valence electrons. The van der Waals surface area contributed by atoms with Gasteiger partial charge in [0.15, 0.2) is 0 Å². The molecule has 0 spiro atoms. The lowest BCUT2D eigenvalue weighted by atomic mass is 9.82. The highest BCUT2D eigenvalue weighted by atomic mass is 16.5. The van der Waals surface area contributed by atoms with Crippen molar-refractivity contribution < 1.29 is 14.8 Å². The summed E-state index contributed by atoms with van der Waals surface area (Å²) in [5.41, 5.74) is 0.217. The van der Waals surface area contributed by atoms with Crippen LogP contribution >= 0.6 is 0 Å². The highest BCUT2D eigenvalue weighted by Gasteiger charge is 2.27. The van der Waals surface area contributed by atoms with E-state index in [1.165, 1.54) is 12.5 Å². The van der Waals surface area contributed by atoms with Crippen molar-refractivity contribution in [3.63, 3.8) is 0 Å². The first kappa shape index (κ1) is 8.46. The van der Waals surface area contributed by atoms with Crippen molar-refractivity contribution in [1.82, 2.24) is 9.97 Å². The summed E-state index contributed by atoms with van der Waals surface area (Å²) in [6, 6.07) is 0. The lowest BCUT2D eigenvalue weighted by Gasteiger charge is -2.06. The zero-order valence-electron chi connectivity index (χ0n) is 6.92. The molecule has 1 aliphatic rings. The molecular weight excluding hydrogens is 171 g/mol. The second kappa shape index (κ2) is 3.31. The minimum atomic E-state index is -1.57. The van der Waals surface area contributed by atoms with Crippen molar-refractivity contribution >= 4 is 12.6 Å². The SMILES string of the molecule is OB(O)c1cncnc1OC1CC1. The van der Waals surface area contributed by atoms with Crippen LogP contribution in [-0.2, 0) is 0 Å². The number of ether oxygens (including phenoxy) is 1. The number of hydrogen-bond acceptors (Lipinski definition) is 5. The Bertz CT molecular complexity index is 304. The van der Waals surface area contributed by atoms with Crippen LogP contribution in [0.4, 0.5) is 0 Å². The Morgan fingerprint density at radius 1 is 1.46 bits per heavy atom. The Labute approximate surface area is 75.6 Å². The van der Waals surface area contributed by atoms with Crippen LogP contribution < -0.4 is 10.2 Å². The Hall–Kier alpha value is -1.14. The molecule has 5 nitrogen and oxygen atoms in total. The zero-order valence-corrected chi connectivity index (χ0v) is 6.92. The molecule has 1 saturated carbocycles. The molecule has 0 atom stereocenters. The van der Waals surface area contributed by atoms with Crippen LogP contribution in [0.3, 0.4) is 0 Å². The molecule has 1 heterocycles. The van der Waals surface area contributed by atoms with Gasteiger partial charge in [0, 0.05) is 6.20 Å². The van der Waals surface area contributed by atoms with Gasteiger partial charge < -0.3 is 14.8 Å². The van der Waals surface area contributed by atoms with Gasteiger partial charge in [-0.25, -0.2) is 9.97 Å². The normalized spacial score (nSPS) is 15.5. The van der Waals surface area contributed by atoms with E-state index in [4.69, 9.17) is 14.8 Å². The molecule has 13 heavy (non-hydrogen) atoms. The predicted octanol–water partition coefficient (Wildman–Crippen LogP) is -1.30. The summed E-state index contributed by atoms with van der Waals surface area (Å²) in [7, 11) is -1.57. The van der Waals surface area contributed by atoms with Crippen LogP contribution in [0.1, 0.15) is 12.8 Å². The largest absolute Gasteiger partial charge is 0.495 e. The summed E-state index contributed by atoms with van der Waals surface area (Å²) in [4.78, 5) is 7.51. The van der Waals surface area contributed by atoms with Gasteiger partial charge in [-0.2, -0.15) is 0 Å². The van der Waals surface area contributed by atoms with Gasteiger partial charge in [-0.05, 0) is 12.8 Å². The molecule has 0 bridgehead atoms. The average Bonchev–Trinajstić information content (AvgIpc) is 2.89. The fraction of sp³-hybridized carbons (Fsp3) is 0.429. The van der Waals surface area contributed by atoms with Crippen molar-refractivity contribution in [1.29, 1.82) is 0 Å². The molecule has 0 aromatic carbocycles. The lowest BCUT2D eigenvalue weighted by molar-refractivity contribution is 0.291. The van der Waals surface area contributed by atoms with E-state index in [1.54, 1.807) is 0 Å². The average molecular weight is 180 g/mol. The molecule has 0 radical (unpaired) electrons. The Kier molecular flexibility index (Phi) is 2.16. The number of nitrogens with zero attached hydrogens (tertiary/aromatic N) is 2. The van der Waals surface area contributed by atoms with E-state index in [0.717, 1.165) is 12.8 Å². The van der Waals surface area contributed by atoms with Gasteiger partial charge in [-0.15, -0.1) is 0 Å². The van der Waals surface area contributed by atoms with Gasteiger partial charge in [-0.3, -0.25) is 0 Å². The Balaban J connectivity index is 2.20. The molecule has 1 aliphatic carbocycles. The molecule has 1 aromatic rings. The minimum Gasteiger partial charge on any atom is -0.475 e. The van der Waals surface area contributed by atoms with E-state index in [-0.39, 0.29) is 17.4 Å². The predicted molar refractivity (Wildman–Crippen MR) is 45.5 cm³/mol. The summed E-state index contributed by atoms with van der Waals surface area (Å²) in [5, 5.41) is 17.9. The first-order valence-corrected chi connectivity index (χ1v) is 4.10. The van der Waals surface area contributed by atoms with Crippen LogP contribution in [0.25, 0.3) is 0 Å².